The summed E-state index contributed by atoms with van der Waals surface area (Å²) in [5.41, 5.74) is 3.55. The number of aryl methyl sites for hydroxylation is 2. The van der Waals surface area contributed by atoms with E-state index in [2.05, 4.69) is 4.98 Å². The van der Waals surface area contributed by atoms with Crippen molar-refractivity contribution in [1.82, 2.24) is 9.97 Å². The van der Waals surface area contributed by atoms with Gasteiger partial charge in [0.1, 0.15) is 4.83 Å². The Morgan fingerprint density at radius 1 is 0.880 bits per heavy atom. The molecule has 0 bridgehead atoms. The van der Waals surface area contributed by atoms with Crippen molar-refractivity contribution in [3.05, 3.63) is 82.4 Å². The summed E-state index contributed by atoms with van der Waals surface area (Å²) in [5.74, 6) is 0.743. The SMILES string of the molecule is Cc1nc(-c2ccccc2)nc2sc(C(=O)c3ccccc3)c(C)c12. The third-order valence-corrected chi connectivity index (χ3v) is 5.43. The van der Waals surface area contributed by atoms with Crippen molar-refractivity contribution in [2.45, 2.75) is 13.8 Å². The van der Waals surface area contributed by atoms with Gasteiger partial charge in [0, 0.05) is 16.5 Å². The molecule has 0 spiro atoms. The molecule has 4 heteroatoms. The van der Waals surface area contributed by atoms with Gasteiger partial charge in [-0.15, -0.1) is 11.3 Å². The van der Waals surface area contributed by atoms with Gasteiger partial charge in [-0.25, -0.2) is 9.97 Å². The number of hydrogen-bond donors (Lipinski definition) is 0. The molecule has 4 aromatic rings. The summed E-state index contributed by atoms with van der Waals surface area (Å²) < 4.78 is 0. The van der Waals surface area contributed by atoms with Gasteiger partial charge in [-0.1, -0.05) is 60.7 Å². The summed E-state index contributed by atoms with van der Waals surface area (Å²) in [7, 11) is 0. The van der Waals surface area contributed by atoms with E-state index in [9.17, 15) is 4.79 Å². The Bertz CT molecular complexity index is 1070. The fourth-order valence-electron chi connectivity index (χ4n) is 2.99. The monoisotopic (exact) mass is 344 g/mol. The zero-order valence-corrected chi connectivity index (χ0v) is 14.8. The number of rotatable bonds is 3. The quantitative estimate of drug-likeness (QED) is 0.479. The molecule has 0 aliphatic heterocycles. The second-order valence-corrected chi connectivity index (χ2v) is 6.93. The zero-order valence-electron chi connectivity index (χ0n) is 14.0. The van der Waals surface area contributed by atoms with Crippen LogP contribution in [-0.2, 0) is 0 Å². The molecule has 3 nitrogen and oxygen atoms in total. The molecule has 122 valence electrons. The van der Waals surface area contributed by atoms with Crippen LogP contribution >= 0.6 is 11.3 Å². The van der Waals surface area contributed by atoms with E-state index in [1.54, 1.807) is 0 Å². The third-order valence-electron chi connectivity index (χ3n) is 4.25. The highest BCUT2D eigenvalue weighted by molar-refractivity contribution is 7.20. The number of fused-ring (bicyclic) bond motifs is 1. The van der Waals surface area contributed by atoms with Gasteiger partial charge < -0.3 is 0 Å². The minimum absolute atomic E-state index is 0.0433. The van der Waals surface area contributed by atoms with Crippen molar-refractivity contribution in [3.63, 3.8) is 0 Å². The molecule has 25 heavy (non-hydrogen) atoms. The summed E-state index contributed by atoms with van der Waals surface area (Å²) in [6.07, 6.45) is 0. The first-order chi connectivity index (χ1) is 12.1. The first-order valence-electron chi connectivity index (χ1n) is 8.08. The Morgan fingerprint density at radius 3 is 2.20 bits per heavy atom. The highest BCUT2D eigenvalue weighted by atomic mass is 32.1. The lowest BCUT2D eigenvalue weighted by Gasteiger charge is -2.03. The summed E-state index contributed by atoms with van der Waals surface area (Å²) in [5, 5.41) is 0.990. The molecule has 2 heterocycles. The lowest BCUT2D eigenvalue weighted by Crippen LogP contribution is -2.00. The fourth-order valence-corrected chi connectivity index (χ4v) is 4.19. The number of thiophene rings is 1. The van der Waals surface area contributed by atoms with Gasteiger partial charge in [0.15, 0.2) is 5.82 Å². The van der Waals surface area contributed by atoms with E-state index in [4.69, 9.17) is 4.98 Å². The molecule has 0 radical (unpaired) electrons. The second kappa shape index (κ2) is 6.22. The molecular weight excluding hydrogens is 328 g/mol. The van der Waals surface area contributed by atoms with E-state index in [1.807, 2.05) is 74.5 Å². The number of nitrogens with zero attached hydrogens (tertiary/aromatic N) is 2. The van der Waals surface area contributed by atoms with Crippen LogP contribution in [0.5, 0.6) is 0 Å². The minimum atomic E-state index is 0.0433. The van der Waals surface area contributed by atoms with E-state index in [1.165, 1.54) is 11.3 Å². The van der Waals surface area contributed by atoms with Gasteiger partial charge in [0.2, 0.25) is 5.78 Å². The van der Waals surface area contributed by atoms with Crippen LogP contribution in [-0.4, -0.2) is 15.8 Å². The van der Waals surface area contributed by atoms with Crippen LogP contribution in [0.1, 0.15) is 26.5 Å². The maximum Gasteiger partial charge on any atom is 0.203 e. The summed E-state index contributed by atoms with van der Waals surface area (Å²) >= 11 is 1.45. The molecule has 0 aliphatic carbocycles. The Balaban J connectivity index is 1.88. The summed E-state index contributed by atoms with van der Waals surface area (Å²) in [6.45, 7) is 3.96. The molecule has 0 saturated carbocycles. The van der Waals surface area contributed by atoms with Crippen LogP contribution in [0.25, 0.3) is 21.6 Å². The van der Waals surface area contributed by atoms with Gasteiger partial charge in [0.05, 0.1) is 10.6 Å². The fraction of sp³-hybridized carbons (Fsp3) is 0.0952. The largest absolute Gasteiger partial charge is 0.288 e. The first kappa shape index (κ1) is 15.7. The molecule has 0 unspecified atom stereocenters. The number of carbonyl (C=O) groups excluding carboxylic acids is 1. The predicted octanol–water partition coefficient (Wildman–Crippen LogP) is 5.21. The molecule has 0 fully saturated rings. The van der Waals surface area contributed by atoms with Crippen molar-refractivity contribution in [1.29, 1.82) is 0 Å². The van der Waals surface area contributed by atoms with E-state index < -0.39 is 0 Å². The van der Waals surface area contributed by atoms with E-state index >= 15 is 0 Å². The highest BCUT2D eigenvalue weighted by Gasteiger charge is 2.20. The molecule has 2 aromatic carbocycles. The van der Waals surface area contributed by atoms with Gasteiger partial charge in [-0.05, 0) is 19.4 Å². The number of carbonyl (C=O) groups is 1. The Labute approximate surface area is 150 Å². The van der Waals surface area contributed by atoms with Crippen LogP contribution < -0.4 is 0 Å². The Hall–Kier alpha value is -2.85. The smallest absolute Gasteiger partial charge is 0.203 e. The van der Waals surface area contributed by atoms with Crippen LogP contribution in [0.4, 0.5) is 0 Å². The molecule has 0 amide bonds. The molecule has 0 atom stereocenters. The molecule has 0 saturated heterocycles. The number of aromatic nitrogens is 2. The standard InChI is InChI=1S/C21H16N2OS/c1-13-17-14(2)22-20(16-11-7-4-8-12-16)23-21(17)25-19(13)18(24)15-9-5-3-6-10-15/h3-12H,1-2H3. The van der Waals surface area contributed by atoms with Gasteiger partial charge in [-0.2, -0.15) is 0 Å². The normalized spacial score (nSPS) is 11.0. The summed E-state index contributed by atoms with van der Waals surface area (Å²) in [6, 6.07) is 19.3. The van der Waals surface area contributed by atoms with Gasteiger partial charge in [-0.3, -0.25) is 4.79 Å². The lowest BCUT2D eigenvalue weighted by molar-refractivity contribution is 0.104. The lowest BCUT2D eigenvalue weighted by atomic mass is 10.1. The first-order valence-corrected chi connectivity index (χ1v) is 8.89. The molecule has 4 rings (SSSR count). The number of hydrogen-bond acceptors (Lipinski definition) is 4. The van der Waals surface area contributed by atoms with Crippen molar-refractivity contribution in [2.75, 3.05) is 0 Å². The minimum Gasteiger partial charge on any atom is -0.288 e. The van der Waals surface area contributed by atoms with E-state index in [-0.39, 0.29) is 5.78 Å². The predicted molar refractivity (Wildman–Crippen MR) is 102 cm³/mol. The van der Waals surface area contributed by atoms with Gasteiger partial charge in [0.25, 0.3) is 0 Å². The van der Waals surface area contributed by atoms with Crippen LogP contribution in [0.3, 0.4) is 0 Å². The summed E-state index contributed by atoms with van der Waals surface area (Å²) in [4.78, 5) is 23.8. The van der Waals surface area contributed by atoms with E-state index in [0.717, 1.165) is 31.9 Å². The topological polar surface area (TPSA) is 42.9 Å². The maximum absolute atomic E-state index is 12.9. The van der Waals surface area contributed by atoms with Crippen molar-refractivity contribution < 1.29 is 4.79 Å². The molecular formula is C21H16N2OS. The number of ketones is 1. The van der Waals surface area contributed by atoms with Crippen LogP contribution in [0.2, 0.25) is 0 Å². The van der Waals surface area contributed by atoms with Crippen LogP contribution in [0, 0.1) is 13.8 Å². The molecule has 2 aromatic heterocycles. The van der Waals surface area contributed by atoms with Crippen molar-refractivity contribution in [3.8, 4) is 11.4 Å². The molecule has 0 aliphatic rings. The molecule has 0 N–H and O–H groups in total. The Kier molecular flexibility index (Phi) is 3.90. The van der Waals surface area contributed by atoms with Crippen LogP contribution in [0.15, 0.2) is 60.7 Å². The maximum atomic E-state index is 12.9. The van der Waals surface area contributed by atoms with Gasteiger partial charge >= 0.3 is 0 Å². The zero-order chi connectivity index (χ0) is 17.4. The second-order valence-electron chi connectivity index (χ2n) is 5.93. The van der Waals surface area contributed by atoms with Crippen molar-refractivity contribution in [2.24, 2.45) is 0 Å². The Morgan fingerprint density at radius 2 is 1.52 bits per heavy atom. The highest BCUT2D eigenvalue weighted by Crippen LogP contribution is 2.34. The van der Waals surface area contributed by atoms with E-state index in [0.29, 0.717) is 11.4 Å². The van der Waals surface area contributed by atoms with Crippen molar-refractivity contribution >= 4 is 27.3 Å². The average molecular weight is 344 g/mol. The number of benzene rings is 2. The third kappa shape index (κ3) is 2.75. The average Bonchev–Trinajstić information content (AvgIpc) is 2.99.